The third-order valence-electron chi connectivity index (χ3n) is 3.67. The van der Waals surface area contributed by atoms with E-state index >= 15 is 0 Å². The Labute approximate surface area is 105 Å². The molecule has 1 aliphatic rings. The molecular weight excluding hydrogens is 208 g/mol. The molecule has 94 valence electrons. The van der Waals surface area contributed by atoms with Gasteiger partial charge >= 0.3 is 0 Å². The molecule has 0 radical (unpaired) electrons. The number of rotatable bonds is 4. The van der Waals surface area contributed by atoms with Crippen molar-refractivity contribution in [2.24, 2.45) is 0 Å². The number of hydrogen-bond donors (Lipinski definition) is 1. The minimum Gasteiger partial charge on any atom is -0.314 e. The molecule has 17 heavy (non-hydrogen) atoms. The summed E-state index contributed by atoms with van der Waals surface area (Å²) in [5.74, 6) is 0. The van der Waals surface area contributed by atoms with E-state index in [4.69, 9.17) is 0 Å². The number of aryl methyl sites for hydroxylation is 2. The van der Waals surface area contributed by atoms with Gasteiger partial charge in [0.1, 0.15) is 0 Å². The summed E-state index contributed by atoms with van der Waals surface area (Å²) < 4.78 is 0. The van der Waals surface area contributed by atoms with Crippen LogP contribution in [-0.2, 0) is 6.42 Å². The Morgan fingerprint density at radius 1 is 1.29 bits per heavy atom. The third-order valence-corrected chi connectivity index (χ3v) is 3.67. The second-order valence-corrected chi connectivity index (χ2v) is 5.18. The van der Waals surface area contributed by atoms with Gasteiger partial charge in [0.15, 0.2) is 0 Å². The van der Waals surface area contributed by atoms with Gasteiger partial charge in [-0.05, 0) is 38.8 Å². The topological polar surface area (TPSA) is 15.3 Å². The summed E-state index contributed by atoms with van der Waals surface area (Å²) >= 11 is 0. The van der Waals surface area contributed by atoms with E-state index < -0.39 is 0 Å². The highest BCUT2D eigenvalue weighted by molar-refractivity contribution is 5.21. The molecule has 0 aromatic heterocycles. The van der Waals surface area contributed by atoms with Crippen molar-refractivity contribution in [1.82, 2.24) is 10.2 Å². The summed E-state index contributed by atoms with van der Waals surface area (Å²) in [6.07, 6.45) is 2.48. The van der Waals surface area contributed by atoms with Gasteiger partial charge in [0.05, 0.1) is 0 Å². The van der Waals surface area contributed by atoms with E-state index in [1.807, 2.05) is 0 Å². The molecule has 2 nitrogen and oxygen atoms in total. The van der Waals surface area contributed by atoms with Crippen LogP contribution in [0.4, 0.5) is 0 Å². The van der Waals surface area contributed by atoms with Gasteiger partial charge in [-0.15, -0.1) is 0 Å². The molecule has 2 rings (SSSR count). The minimum atomic E-state index is 0.696. The Morgan fingerprint density at radius 3 is 2.76 bits per heavy atom. The van der Waals surface area contributed by atoms with Crippen LogP contribution in [0.2, 0.25) is 0 Å². The van der Waals surface area contributed by atoms with Gasteiger partial charge in [-0.25, -0.2) is 0 Å². The molecule has 0 bridgehead atoms. The van der Waals surface area contributed by atoms with Crippen molar-refractivity contribution in [3.05, 3.63) is 35.4 Å². The maximum absolute atomic E-state index is 3.44. The zero-order chi connectivity index (χ0) is 12.1. The first-order valence-electron chi connectivity index (χ1n) is 6.76. The van der Waals surface area contributed by atoms with E-state index in [-0.39, 0.29) is 0 Å². The van der Waals surface area contributed by atoms with Gasteiger partial charge in [-0.1, -0.05) is 29.8 Å². The number of nitrogens with zero attached hydrogens (tertiary/aromatic N) is 1. The fraction of sp³-hybridized carbons (Fsp3) is 0.600. The molecule has 1 aliphatic heterocycles. The maximum Gasteiger partial charge on any atom is 0.0192 e. The molecule has 1 N–H and O–H groups in total. The van der Waals surface area contributed by atoms with Crippen molar-refractivity contribution >= 4 is 0 Å². The predicted octanol–water partition coefficient (Wildman–Crippen LogP) is 2.22. The molecule has 1 atom stereocenters. The van der Waals surface area contributed by atoms with Crippen LogP contribution >= 0.6 is 0 Å². The Bertz CT molecular complexity index is 331. The van der Waals surface area contributed by atoms with Gasteiger partial charge in [-0.2, -0.15) is 0 Å². The summed E-state index contributed by atoms with van der Waals surface area (Å²) in [5.41, 5.74) is 2.82. The predicted molar refractivity (Wildman–Crippen MR) is 73.4 cm³/mol. The highest BCUT2D eigenvalue weighted by atomic mass is 15.2. The van der Waals surface area contributed by atoms with E-state index in [1.54, 1.807) is 0 Å². The van der Waals surface area contributed by atoms with E-state index in [9.17, 15) is 0 Å². The lowest BCUT2D eigenvalue weighted by Crippen LogP contribution is -2.49. The second-order valence-electron chi connectivity index (χ2n) is 5.18. The van der Waals surface area contributed by atoms with Crippen molar-refractivity contribution < 1.29 is 0 Å². The van der Waals surface area contributed by atoms with Gasteiger partial charge in [-0.3, -0.25) is 4.90 Å². The summed E-state index contributed by atoms with van der Waals surface area (Å²) in [5, 5.41) is 3.44. The van der Waals surface area contributed by atoms with Crippen LogP contribution < -0.4 is 5.32 Å². The number of piperazine rings is 1. The first-order chi connectivity index (χ1) is 8.25. The standard InChI is InChI=1S/C15H24N2/c1-13-5-7-15(8-6-13)4-3-10-17-11-9-16-12-14(17)2/h5-8,14,16H,3-4,9-12H2,1-2H3. The van der Waals surface area contributed by atoms with Crippen LogP contribution in [0.5, 0.6) is 0 Å². The Balaban J connectivity index is 1.73. The molecule has 1 unspecified atom stereocenters. The molecule has 0 aliphatic carbocycles. The van der Waals surface area contributed by atoms with Gasteiger partial charge in [0, 0.05) is 25.7 Å². The molecule has 1 aromatic rings. The zero-order valence-corrected chi connectivity index (χ0v) is 11.1. The Morgan fingerprint density at radius 2 is 2.06 bits per heavy atom. The molecule has 2 heteroatoms. The second kappa shape index (κ2) is 6.18. The average Bonchev–Trinajstić information content (AvgIpc) is 2.34. The lowest BCUT2D eigenvalue weighted by Gasteiger charge is -2.33. The highest BCUT2D eigenvalue weighted by Gasteiger charge is 2.16. The van der Waals surface area contributed by atoms with Crippen molar-refractivity contribution in [3.63, 3.8) is 0 Å². The highest BCUT2D eigenvalue weighted by Crippen LogP contribution is 2.08. The van der Waals surface area contributed by atoms with Crippen molar-refractivity contribution in [2.45, 2.75) is 32.7 Å². The lowest BCUT2D eigenvalue weighted by atomic mass is 10.1. The summed E-state index contributed by atoms with van der Waals surface area (Å²) in [7, 11) is 0. The summed E-state index contributed by atoms with van der Waals surface area (Å²) in [6, 6.07) is 9.64. The van der Waals surface area contributed by atoms with E-state index in [0.29, 0.717) is 6.04 Å². The van der Waals surface area contributed by atoms with Crippen molar-refractivity contribution in [1.29, 1.82) is 0 Å². The van der Waals surface area contributed by atoms with Gasteiger partial charge < -0.3 is 5.32 Å². The van der Waals surface area contributed by atoms with Gasteiger partial charge in [0.2, 0.25) is 0 Å². The fourth-order valence-electron chi connectivity index (χ4n) is 2.46. The van der Waals surface area contributed by atoms with Crippen molar-refractivity contribution in [2.75, 3.05) is 26.2 Å². The minimum absolute atomic E-state index is 0.696. The summed E-state index contributed by atoms with van der Waals surface area (Å²) in [4.78, 5) is 2.60. The van der Waals surface area contributed by atoms with Crippen LogP contribution in [-0.4, -0.2) is 37.1 Å². The molecule has 0 amide bonds. The SMILES string of the molecule is Cc1ccc(CCCN2CCNCC2C)cc1. The lowest BCUT2D eigenvalue weighted by molar-refractivity contribution is 0.172. The molecular formula is C15H24N2. The fourth-order valence-corrected chi connectivity index (χ4v) is 2.46. The molecule has 1 aromatic carbocycles. The van der Waals surface area contributed by atoms with Gasteiger partial charge in [0.25, 0.3) is 0 Å². The van der Waals surface area contributed by atoms with Crippen LogP contribution in [0, 0.1) is 6.92 Å². The van der Waals surface area contributed by atoms with E-state index in [1.165, 1.54) is 37.1 Å². The Hall–Kier alpha value is -0.860. The first-order valence-corrected chi connectivity index (χ1v) is 6.76. The van der Waals surface area contributed by atoms with Crippen molar-refractivity contribution in [3.8, 4) is 0 Å². The molecule has 1 fully saturated rings. The molecule has 1 heterocycles. The third kappa shape index (κ3) is 3.83. The van der Waals surface area contributed by atoms with Crippen LogP contribution in [0.3, 0.4) is 0 Å². The Kier molecular flexibility index (Phi) is 4.57. The van der Waals surface area contributed by atoms with Crippen LogP contribution in [0.15, 0.2) is 24.3 Å². The summed E-state index contributed by atoms with van der Waals surface area (Å²) in [6.45, 7) is 9.19. The number of benzene rings is 1. The number of hydrogen-bond acceptors (Lipinski definition) is 2. The largest absolute Gasteiger partial charge is 0.314 e. The van der Waals surface area contributed by atoms with Crippen LogP contribution in [0.25, 0.3) is 0 Å². The molecule has 0 saturated carbocycles. The normalized spacial score (nSPS) is 21.6. The maximum atomic E-state index is 3.44. The first kappa shape index (κ1) is 12.6. The van der Waals surface area contributed by atoms with Crippen LogP contribution in [0.1, 0.15) is 24.5 Å². The quantitative estimate of drug-likeness (QED) is 0.856. The molecule has 0 spiro atoms. The van der Waals surface area contributed by atoms with E-state index in [2.05, 4.69) is 48.3 Å². The monoisotopic (exact) mass is 232 g/mol. The number of nitrogens with one attached hydrogen (secondary N) is 1. The average molecular weight is 232 g/mol. The van der Waals surface area contributed by atoms with E-state index in [0.717, 1.165) is 13.1 Å². The smallest absolute Gasteiger partial charge is 0.0192 e. The molecule has 1 saturated heterocycles. The zero-order valence-electron chi connectivity index (χ0n) is 11.1.